The second-order valence-corrected chi connectivity index (χ2v) is 7.23. The summed E-state index contributed by atoms with van der Waals surface area (Å²) in [6.45, 7) is 12.0. The average Bonchev–Trinajstić information content (AvgIpc) is 2.85. The molecule has 0 radical (unpaired) electrons. The average molecular weight is 296 g/mol. The van der Waals surface area contributed by atoms with Crippen LogP contribution in [-0.2, 0) is 4.79 Å². The Hall–Kier alpha value is -0.650. The summed E-state index contributed by atoms with van der Waals surface area (Å²) in [5.41, 5.74) is 5.01. The van der Waals surface area contributed by atoms with E-state index in [2.05, 4.69) is 29.0 Å². The summed E-state index contributed by atoms with van der Waals surface area (Å²) in [6.07, 6.45) is 4.54. The van der Waals surface area contributed by atoms with Gasteiger partial charge in [0, 0.05) is 31.7 Å². The SMILES string of the molecule is CC(C)NC(C)(CCCN1CCN2CCCC2C1)C(N)=O. The van der Waals surface area contributed by atoms with Crippen LogP contribution >= 0.6 is 0 Å². The Morgan fingerprint density at radius 1 is 1.38 bits per heavy atom. The summed E-state index contributed by atoms with van der Waals surface area (Å²) in [4.78, 5) is 16.9. The topological polar surface area (TPSA) is 61.6 Å². The van der Waals surface area contributed by atoms with Crippen LogP contribution in [0.4, 0.5) is 0 Å². The van der Waals surface area contributed by atoms with E-state index < -0.39 is 5.54 Å². The number of hydrogen-bond acceptors (Lipinski definition) is 4. The molecule has 0 aromatic heterocycles. The number of nitrogens with one attached hydrogen (secondary N) is 1. The highest BCUT2D eigenvalue weighted by atomic mass is 16.1. The number of carbonyl (C=O) groups is 1. The van der Waals surface area contributed by atoms with Crippen molar-refractivity contribution >= 4 is 5.91 Å². The fourth-order valence-corrected chi connectivity index (χ4v) is 3.82. The molecule has 2 atom stereocenters. The molecule has 0 aromatic carbocycles. The summed E-state index contributed by atoms with van der Waals surface area (Å²) < 4.78 is 0. The maximum absolute atomic E-state index is 11.7. The molecule has 0 saturated carbocycles. The summed E-state index contributed by atoms with van der Waals surface area (Å²) in [7, 11) is 0. The van der Waals surface area contributed by atoms with Gasteiger partial charge in [-0.3, -0.25) is 9.69 Å². The van der Waals surface area contributed by atoms with Crippen LogP contribution in [0.15, 0.2) is 0 Å². The minimum absolute atomic E-state index is 0.239. The van der Waals surface area contributed by atoms with Gasteiger partial charge in [0.05, 0.1) is 5.54 Å². The molecule has 2 aliphatic heterocycles. The van der Waals surface area contributed by atoms with Gasteiger partial charge in [0.2, 0.25) is 5.91 Å². The molecule has 2 rings (SSSR count). The molecule has 2 aliphatic rings. The number of primary amides is 1. The van der Waals surface area contributed by atoms with Gasteiger partial charge < -0.3 is 16.0 Å². The molecule has 2 fully saturated rings. The van der Waals surface area contributed by atoms with Gasteiger partial charge in [-0.05, 0) is 59.5 Å². The number of amides is 1. The number of hydrogen-bond donors (Lipinski definition) is 2. The highest BCUT2D eigenvalue weighted by molar-refractivity contribution is 5.84. The Bertz CT molecular complexity index is 360. The zero-order valence-electron chi connectivity index (χ0n) is 13.9. The molecule has 0 bridgehead atoms. The minimum atomic E-state index is -0.580. The minimum Gasteiger partial charge on any atom is -0.368 e. The lowest BCUT2D eigenvalue weighted by Crippen LogP contribution is -2.56. The van der Waals surface area contributed by atoms with Gasteiger partial charge in [-0.2, -0.15) is 0 Å². The molecule has 3 N–H and O–H groups in total. The van der Waals surface area contributed by atoms with Gasteiger partial charge in [0.25, 0.3) is 0 Å². The van der Waals surface area contributed by atoms with E-state index in [4.69, 9.17) is 5.73 Å². The van der Waals surface area contributed by atoms with Crippen LogP contribution in [-0.4, -0.2) is 66.1 Å². The molecule has 21 heavy (non-hydrogen) atoms. The molecule has 2 heterocycles. The first-order valence-electron chi connectivity index (χ1n) is 8.45. The van der Waals surface area contributed by atoms with Gasteiger partial charge in [0.1, 0.15) is 0 Å². The van der Waals surface area contributed by atoms with Crippen molar-refractivity contribution in [1.82, 2.24) is 15.1 Å². The number of nitrogens with two attached hydrogens (primary N) is 1. The zero-order chi connectivity index (χ0) is 15.5. The molecular weight excluding hydrogens is 264 g/mol. The predicted octanol–water partition coefficient (Wildman–Crippen LogP) is 0.789. The Morgan fingerprint density at radius 3 is 2.81 bits per heavy atom. The Morgan fingerprint density at radius 2 is 2.14 bits per heavy atom. The van der Waals surface area contributed by atoms with Crippen LogP contribution in [0.5, 0.6) is 0 Å². The smallest absolute Gasteiger partial charge is 0.237 e. The van der Waals surface area contributed by atoms with E-state index in [9.17, 15) is 4.79 Å². The standard InChI is InChI=1S/C16H32N4O/c1-13(2)18-16(3,15(17)21)7-5-8-19-10-11-20-9-4-6-14(20)12-19/h13-14,18H,4-12H2,1-3H3,(H2,17,21). The Kier molecular flexibility index (Phi) is 5.63. The lowest BCUT2D eigenvalue weighted by molar-refractivity contribution is -0.124. The van der Waals surface area contributed by atoms with Crippen LogP contribution < -0.4 is 11.1 Å². The van der Waals surface area contributed by atoms with Gasteiger partial charge in [-0.25, -0.2) is 0 Å². The zero-order valence-corrected chi connectivity index (χ0v) is 13.9. The maximum Gasteiger partial charge on any atom is 0.237 e. The van der Waals surface area contributed by atoms with E-state index in [0.717, 1.165) is 25.4 Å². The lowest BCUT2D eigenvalue weighted by Gasteiger charge is -2.38. The highest BCUT2D eigenvalue weighted by Gasteiger charge is 2.33. The van der Waals surface area contributed by atoms with Gasteiger partial charge in [0.15, 0.2) is 0 Å². The second kappa shape index (κ2) is 7.07. The first-order valence-corrected chi connectivity index (χ1v) is 8.45. The molecule has 122 valence electrons. The third kappa shape index (κ3) is 4.41. The molecule has 5 heteroatoms. The molecule has 0 spiro atoms. The van der Waals surface area contributed by atoms with E-state index in [1.165, 1.54) is 39.0 Å². The largest absolute Gasteiger partial charge is 0.368 e. The van der Waals surface area contributed by atoms with Crippen molar-refractivity contribution in [3.05, 3.63) is 0 Å². The van der Waals surface area contributed by atoms with Crippen LogP contribution in [0, 0.1) is 0 Å². The fraction of sp³-hybridized carbons (Fsp3) is 0.938. The highest BCUT2D eigenvalue weighted by Crippen LogP contribution is 2.22. The van der Waals surface area contributed by atoms with Crippen LogP contribution in [0.2, 0.25) is 0 Å². The van der Waals surface area contributed by atoms with E-state index in [0.29, 0.717) is 0 Å². The molecular formula is C16H32N4O. The number of piperazine rings is 1. The molecule has 5 nitrogen and oxygen atoms in total. The Balaban J connectivity index is 1.76. The molecule has 0 aliphatic carbocycles. The van der Waals surface area contributed by atoms with Crippen molar-refractivity contribution in [3.8, 4) is 0 Å². The van der Waals surface area contributed by atoms with Crippen LogP contribution in [0.25, 0.3) is 0 Å². The second-order valence-electron chi connectivity index (χ2n) is 7.23. The van der Waals surface area contributed by atoms with E-state index >= 15 is 0 Å². The molecule has 0 aromatic rings. The van der Waals surface area contributed by atoms with Gasteiger partial charge >= 0.3 is 0 Å². The van der Waals surface area contributed by atoms with Crippen LogP contribution in [0.1, 0.15) is 46.5 Å². The van der Waals surface area contributed by atoms with Crippen molar-refractivity contribution in [2.24, 2.45) is 5.73 Å². The molecule has 2 saturated heterocycles. The maximum atomic E-state index is 11.7. The normalized spacial score (nSPS) is 26.8. The van der Waals surface area contributed by atoms with Crippen LogP contribution in [0.3, 0.4) is 0 Å². The van der Waals surface area contributed by atoms with Crippen molar-refractivity contribution in [2.45, 2.75) is 64.1 Å². The number of rotatable bonds is 7. The number of fused-ring (bicyclic) bond motifs is 1. The first-order chi connectivity index (χ1) is 9.90. The first kappa shape index (κ1) is 16.7. The fourth-order valence-electron chi connectivity index (χ4n) is 3.82. The van der Waals surface area contributed by atoms with Gasteiger partial charge in [-0.15, -0.1) is 0 Å². The number of carbonyl (C=O) groups excluding carboxylic acids is 1. The molecule has 1 amide bonds. The lowest BCUT2D eigenvalue weighted by atomic mass is 9.93. The quantitative estimate of drug-likeness (QED) is 0.729. The summed E-state index contributed by atoms with van der Waals surface area (Å²) in [5.74, 6) is -0.239. The summed E-state index contributed by atoms with van der Waals surface area (Å²) in [5, 5.41) is 3.33. The predicted molar refractivity (Wildman–Crippen MR) is 86.1 cm³/mol. The third-order valence-electron chi connectivity index (χ3n) is 4.97. The van der Waals surface area contributed by atoms with E-state index in [-0.39, 0.29) is 11.9 Å². The summed E-state index contributed by atoms with van der Waals surface area (Å²) in [6, 6.07) is 1.04. The van der Waals surface area contributed by atoms with Crippen molar-refractivity contribution < 1.29 is 4.79 Å². The van der Waals surface area contributed by atoms with E-state index in [1.807, 2.05) is 6.92 Å². The third-order valence-corrected chi connectivity index (χ3v) is 4.97. The van der Waals surface area contributed by atoms with E-state index in [1.54, 1.807) is 0 Å². The van der Waals surface area contributed by atoms with Crippen molar-refractivity contribution in [2.75, 3.05) is 32.7 Å². The molecule has 2 unspecified atom stereocenters. The summed E-state index contributed by atoms with van der Waals surface area (Å²) >= 11 is 0. The van der Waals surface area contributed by atoms with Crippen molar-refractivity contribution in [3.63, 3.8) is 0 Å². The monoisotopic (exact) mass is 296 g/mol. The van der Waals surface area contributed by atoms with Gasteiger partial charge in [-0.1, -0.05) is 0 Å². The van der Waals surface area contributed by atoms with Crippen molar-refractivity contribution in [1.29, 1.82) is 0 Å². The Labute approximate surface area is 129 Å². The number of nitrogens with zero attached hydrogens (tertiary/aromatic N) is 2.